The van der Waals surface area contributed by atoms with Gasteiger partial charge in [0.15, 0.2) is 9.84 Å². The van der Waals surface area contributed by atoms with Gasteiger partial charge < -0.3 is 4.98 Å². The van der Waals surface area contributed by atoms with Crippen molar-refractivity contribution in [2.24, 2.45) is 5.92 Å². The zero-order valence-electron chi connectivity index (χ0n) is 9.60. The van der Waals surface area contributed by atoms with E-state index in [-0.39, 0.29) is 0 Å². The smallest absolute Gasteiger partial charge is 0.175 e. The van der Waals surface area contributed by atoms with Crippen LogP contribution in [-0.4, -0.2) is 24.6 Å². The van der Waals surface area contributed by atoms with Crippen molar-refractivity contribution in [2.75, 3.05) is 6.26 Å². The highest BCUT2D eigenvalue weighted by Crippen LogP contribution is 2.32. The number of imidazole rings is 1. The van der Waals surface area contributed by atoms with Crippen molar-refractivity contribution >= 4 is 20.9 Å². The van der Waals surface area contributed by atoms with Gasteiger partial charge in [-0.25, -0.2) is 13.4 Å². The Morgan fingerprint density at radius 3 is 2.82 bits per heavy atom. The predicted octanol–water partition coefficient (Wildman–Crippen LogP) is 1.92. The number of fused-ring (bicyclic) bond motifs is 1. The molecule has 1 N–H and O–H groups in total. The van der Waals surface area contributed by atoms with Crippen LogP contribution < -0.4 is 0 Å². The monoisotopic (exact) mass is 250 g/mol. The first-order valence-corrected chi connectivity index (χ1v) is 7.60. The van der Waals surface area contributed by atoms with E-state index >= 15 is 0 Å². The van der Waals surface area contributed by atoms with Crippen molar-refractivity contribution in [1.82, 2.24) is 9.97 Å². The van der Waals surface area contributed by atoms with Gasteiger partial charge >= 0.3 is 0 Å². The highest BCUT2D eigenvalue weighted by Gasteiger charge is 2.23. The van der Waals surface area contributed by atoms with Crippen LogP contribution in [0, 0.1) is 5.92 Å². The zero-order valence-corrected chi connectivity index (χ0v) is 10.4. The molecular weight excluding hydrogens is 236 g/mol. The molecule has 1 heterocycles. The molecule has 1 aliphatic rings. The minimum Gasteiger partial charge on any atom is -0.342 e. The molecule has 17 heavy (non-hydrogen) atoms. The summed E-state index contributed by atoms with van der Waals surface area (Å²) in [6.07, 6.45) is 4.76. The molecule has 0 saturated heterocycles. The van der Waals surface area contributed by atoms with Crippen LogP contribution in [-0.2, 0) is 16.3 Å². The fourth-order valence-electron chi connectivity index (χ4n) is 1.96. The summed E-state index contributed by atoms with van der Waals surface area (Å²) >= 11 is 0. The molecule has 1 aromatic carbocycles. The maximum Gasteiger partial charge on any atom is 0.175 e. The summed E-state index contributed by atoms with van der Waals surface area (Å²) in [5, 5.41) is 0. The third-order valence-corrected chi connectivity index (χ3v) is 4.22. The van der Waals surface area contributed by atoms with Crippen LogP contribution in [0.25, 0.3) is 11.0 Å². The summed E-state index contributed by atoms with van der Waals surface area (Å²) in [6.45, 7) is 0. The third kappa shape index (κ3) is 2.20. The lowest BCUT2D eigenvalue weighted by Crippen LogP contribution is -1.96. The van der Waals surface area contributed by atoms with Crippen molar-refractivity contribution in [3.63, 3.8) is 0 Å². The molecule has 0 spiro atoms. The van der Waals surface area contributed by atoms with E-state index in [2.05, 4.69) is 9.97 Å². The van der Waals surface area contributed by atoms with E-state index in [1.54, 1.807) is 18.2 Å². The average Bonchev–Trinajstić information content (AvgIpc) is 2.95. The van der Waals surface area contributed by atoms with Crippen LogP contribution in [0.1, 0.15) is 18.7 Å². The fraction of sp³-hybridized carbons (Fsp3) is 0.417. The summed E-state index contributed by atoms with van der Waals surface area (Å²) in [4.78, 5) is 8.01. The minimum atomic E-state index is -3.14. The molecule has 90 valence electrons. The Morgan fingerprint density at radius 2 is 2.18 bits per heavy atom. The Hall–Kier alpha value is -1.36. The van der Waals surface area contributed by atoms with Gasteiger partial charge in [-0.1, -0.05) is 0 Å². The normalized spacial score (nSPS) is 16.5. The van der Waals surface area contributed by atoms with Crippen LogP contribution >= 0.6 is 0 Å². The van der Waals surface area contributed by atoms with Crippen molar-refractivity contribution in [3.05, 3.63) is 24.0 Å². The molecule has 5 heteroatoms. The molecule has 2 aromatic rings. The summed E-state index contributed by atoms with van der Waals surface area (Å²) in [5.74, 6) is 1.73. The van der Waals surface area contributed by atoms with E-state index in [4.69, 9.17) is 0 Å². The predicted molar refractivity (Wildman–Crippen MR) is 65.6 cm³/mol. The molecule has 1 fully saturated rings. The first-order chi connectivity index (χ1) is 8.02. The summed E-state index contributed by atoms with van der Waals surface area (Å²) < 4.78 is 22.9. The first-order valence-electron chi connectivity index (χ1n) is 5.71. The molecule has 0 unspecified atom stereocenters. The fourth-order valence-corrected chi connectivity index (χ4v) is 2.61. The molecule has 1 saturated carbocycles. The van der Waals surface area contributed by atoms with Gasteiger partial charge in [-0.15, -0.1) is 0 Å². The van der Waals surface area contributed by atoms with Crippen molar-refractivity contribution in [3.8, 4) is 0 Å². The molecular formula is C12H14N2O2S. The number of nitrogens with one attached hydrogen (secondary N) is 1. The van der Waals surface area contributed by atoms with Crippen LogP contribution in [0.2, 0.25) is 0 Å². The number of nitrogens with zero attached hydrogens (tertiary/aromatic N) is 1. The summed E-state index contributed by atoms with van der Waals surface area (Å²) in [7, 11) is -3.14. The largest absolute Gasteiger partial charge is 0.342 e. The molecule has 1 aromatic heterocycles. The van der Waals surface area contributed by atoms with Gasteiger partial charge in [-0.2, -0.15) is 0 Å². The molecule has 1 aliphatic carbocycles. The zero-order chi connectivity index (χ0) is 12.0. The van der Waals surface area contributed by atoms with Gasteiger partial charge in [0.1, 0.15) is 5.82 Å². The highest BCUT2D eigenvalue weighted by atomic mass is 32.2. The maximum absolute atomic E-state index is 11.4. The van der Waals surface area contributed by atoms with Crippen molar-refractivity contribution in [2.45, 2.75) is 24.2 Å². The number of hydrogen-bond donors (Lipinski definition) is 1. The van der Waals surface area contributed by atoms with Crippen LogP contribution in [0.5, 0.6) is 0 Å². The van der Waals surface area contributed by atoms with E-state index in [1.165, 1.54) is 19.1 Å². The van der Waals surface area contributed by atoms with Gasteiger partial charge in [-0.3, -0.25) is 0 Å². The number of aromatic amines is 1. The van der Waals surface area contributed by atoms with Gasteiger partial charge in [0.05, 0.1) is 15.9 Å². The maximum atomic E-state index is 11.4. The van der Waals surface area contributed by atoms with Crippen LogP contribution in [0.3, 0.4) is 0 Å². The van der Waals surface area contributed by atoms with Gasteiger partial charge in [-0.05, 0) is 37.0 Å². The second kappa shape index (κ2) is 3.57. The Morgan fingerprint density at radius 1 is 1.41 bits per heavy atom. The van der Waals surface area contributed by atoms with Crippen molar-refractivity contribution in [1.29, 1.82) is 0 Å². The quantitative estimate of drug-likeness (QED) is 0.905. The van der Waals surface area contributed by atoms with Gasteiger partial charge in [0.2, 0.25) is 0 Å². The summed E-state index contributed by atoms with van der Waals surface area (Å²) in [6, 6.07) is 5.03. The lowest BCUT2D eigenvalue weighted by atomic mass is 10.3. The standard InChI is InChI=1S/C12H14N2O2S/c1-17(15,16)9-4-5-10-11(7-9)14-12(13-10)6-8-2-3-8/h4-5,7-8H,2-3,6H2,1H3,(H,13,14). The highest BCUT2D eigenvalue weighted by molar-refractivity contribution is 7.90. The van der Waals surface area contributed by atoms with E-state index in [1.807, 2.05) is 0 Å². The molecule has 0 radical (unpaired) electrons. The SMILES string of the molecule is CS(=O)(=O)c1ccc2nc(CC3CC3)[nH]c2c1. The molecule has 0 atom stereocenters. The molecule has 0 amide bonds. The number of sulfone groups is 1. The molecule has 0 bridgehead atoms. The number of H-pyrrole nitrogens is 1. The molecule has 0 aliphatic heterocycles. The molecule has 4 nitrogen and oxygen atoms in total. The Labute approximate surface area is 100.0 Å². The number of benzene rings is 1. The van der Waals surface area contributed by atoms with Gasteiger partial charge in [0, 0.05) is 12.7 Å². The topological polar surface area (TPSA) is 62.8 Å². The Kier molecular flexibility index (Phi) is 2.26. The Balaban J connectivity index is 2.03. The van der Waals surface area contributed by atoms with E-state index in [9.17, 15) is 8.42 Å². The number of hydrogen-bond acceptors (Lipinski definition) is 3. The minimum absolute atomic E-state index is 0.339. The average molecular weight is 250 g/mol. The first kappa shape index (κ1) is 10.8. The van der Waals surface area contributed by atoms with Crippen molar-refractivity contribution < 1.29 is 8.42 Å². The number of aromatic nitrogens is 2. The lowest BCUT2D eigenvalue weighted by molar-refractivity contribution is 0.602. The second-order valence-electron chi connectivity index (χ2n) is 4.78. The van der Waals surface area contributed by atoms with Crippen LogP contribution in [0.4, 0.5) is 0 Å². The summed E-state index contributed by atoms with van der Waals surface area (Å²) in [5.41, 5.74) is 1.65. The van der Waals surface area contributed by atoms with E-state index < -0.39 is 9.84 Å². The van der Waals surface area contributed by atoms with Gasteiger partial charge in [0.25, 0.3) is 0 Å². The van der Waals surface area contributed by atoms with Crippen LogP contribution in [0.15, 0.2) is 23.1 Å². The van der Waals surface area contributed by atoms with E-state index in [0.29, 0.717) is 4.90 Å². The van der Waals surface area contributed by atoms with E-state index in [0.717, 1.165) is 29.2 Å². The third-order valence-electron chi connectivity index (χ3n) is 3.11. The molecule has 3 rings (SSSR count). The Bertz CT molecular complexity index is 669. The number of rotatable bonds is 3. The second-order valence-corrected chi connectivity index (χ2v) is 6.80. The lowest BCUT2D eigenvalue weighted by Gasteiger charge is -1.96.